The van der Waals surface area contributed by atoms with E-state index in [2.05, 4.69) is 0 Å². The van der Waals surface area contributed by atoms with E-state index in [4.69, 9.17) is 16.3 Å². The summed E-state index contributed by atoms with van der Waals surface area (Å²) >= 11 is 5.75. The minimum absolute atomic E-state index is 0.285. The number of esters is 1. The highest BCUT2D eigenvalue weighted by Gasteiger charge is 2.03. The van der Waals surface area contributed by atoms with Crippen molar-refractivity contribution >= 4 is 23.6 Å². The molecule has 0 amide bonds. The molecule has 0 heterocycles. The van der Waals surface area contributed by atoms with Crippen LogP contribution in [0.3, 0.4) is 0 Å². The summed E-state index contributed by atoms with van der Waals surface area (Å²) in [6, 6.07) is 7.27. The Morgan fingerprint density at radius 1 is 1.40 bits per heavy atom. The van der Waals surface area contributed by atoms with E-state index in [1.807, 2.05) is 12.1 Å². The van der Waals surface area contributed by atoms with Crippen molar-refractivity contribution in [1.82, 2.24) is 0 Å². The van der Waals surface area contributed by atoms with Crippen LogP contribution in [-0.2, 0) is 9.53 Å². The molecule has 0 spiro atoms. The summed E-state index contributed by atoms with van der Waals surface area (Å²) in [7, 11) is 0. The summed E-state index contributed by atoms with van der Waals surface area (Å²) in [6.45, 7) is 3.91. The van der Waals surface area contributed by atoms with E-state index in [0.29, 0.717) is 17.2 Å². The Morgan fingerprint density at radius 2 is 2.00 bits per heavy atom. The SMILES string of the molecule is CCOC(=O)/C(C)=C/c1ccc(Cl)cc1. The molecule has 0 saturated heterocycles. The number of hydrogen-bond donors (Lipinski definition) is 0. The molecule has 1 rings (SSSR count). The second kappa shape index (κ2) is 5.56. The molecule has 0 atom stereocenters. The lowest BCUT2D eigenvalue weighted by Crippen LogP contribution is -2.04. The van der Waals surface area contributed by atoms with Crippen molar-refractivity contribution in [2.45, 2.75) is 13.8 Å². The molecule has 0 aliphatic heterocycles. The van der Waals surface area contributed by atoms with Crippen molar-refractivity contribution < 1.29 is 9.53 Å². The van der Waals surface area contributed by atoms with Crippen LogP contribution in [0.1, 0.15) is 19.4 Å². The van der Waals surface area contributed by atoms with Gasteiger partial charge >= 0.3 is 5.97 Å². The minimum Gasteiger partial charge on any atom is -0.463 e. The molecular formula is C12H13ClO2. The fraction of sp³-hybridized carbons (Fsp3) is 0.250. The Hall–Kier alpha value is -1.28. The average molecular weight is 225 g/mol. The monoisotopic (exact) mass is 224 g/mol. The van der Waals surface area contributed by atoms with Gasteiger partial charge in [-0.25, -0.2) is 4.79 Å². The number of benzene rings is 1. The first-order chi connectivity index (χ1) is 7.13. The highest BCUT2D eigenvalue weighted by Crippen LogP contribution is 2.12. The molecule has 1 aromatic carbocycles. The third-order valence-corrected chi connectivity index (χ3v) is 2.10. The summed E-state index contributed by atoms with van der Waals surface area (Å²) in [6.07, 6.45) is 1.77. The van der Waals surface area contributed by atoms with Crippen molar-refractivity contribution in [2.75, 3.05) is 6.61 Å². The van der Waals surface area contributed by atoms with Crippen LogP contribution in [0.5, 0.6) is 0 Å². The van der Waals surface area contributed by atoms with E-state index in [9.17, 15) is 4.79 Å². The molecule has 80 valence electrons. The van der Waals surface area contributed by atoms with Gasteiger partial charge in [-0.05, 0) is 37.6 Å². The minimum atomic E-state index is -0.285. The molecule has 0 aromatic heterocycles. The Bertz CT molecular complexity index is 366. The molecule has 0 bridgehead atoms. The molecule has 0 fully saturated rings. The van der Waals surface area contributed by atoms with Gasteiger partial charge in [-0.15, -0.1) is 0 Å². The van der Waals surface area contributed by atoms with Crippen LogP contribution in [0.2, 0.25) is 5.02 Å². The van der Waals surface area contributed by atoms with Gasteiger partial charge in [-0.1, -0.05) is 23.7 Å². The van der Waals surface area contributed by atoms with Crippen LogP contribution < -0.4 is 0 Å². The number of carbonyl (C=O) groups excluding carboxylic acids is 1. The average Bonchev–Trinajstić information content (AvgIpc) is 2.22. The van der Waals surface area contributed by atoms with Crippen molar-refractivity contribution in [3.8, 4) is 0 Å². The third-order valence-electron chi connectivity index (χ3n) is 1.85. The summed E-state index contributed by atoms with van der Waals surface area (Å²) < 4.78 is 4.87. The second-order valence-electron chi connectivity index (χ2n) is 3.10. The Balaban J connectivity index is 2.78. The van der Waals surface area contributed by atoms with Gasteiger partial charge in [0.25, 0.3) is 0 Å². The zero-order valence-electron chi connectivity index (χ0n) is 8.79. The van der Waals surface area contributed by atoms with Gasteiger partial charge in [0.2, 0.25) is 0 Å². The topological polar surface area (TPSA) is 26.3 Å². The predicted molar refractivity (Wildman–Crippen MR) is 61.7 cm³/mol. The van der Waals surface area contributed by atoms with Crippen LogP contribution in [0.4, 0.5) is 0 Å². The summed E-state index contributed by atoms with van der Waals surface area (Å²) in [4.78, 5) is 11.3. The molecule has 0 aliphatic carbocycles. The van der Waals surface area contributed by atoms with Crippen molar-refractivity contribution in [3.63, 3.8) is 0 Å². The highest BCUT2D eigenvalue weighted by atomic mass is 35.5. The van der Waals surface area contributed by atoms with Crippen LogP contribution in [0, 0.1) is 0 Å². The van der Waals surface area contributed by atoms with E-state index >= 15 is 0 Å². The number of halogens is 1. The smallest absolute Gasteiger partial charge is 0.333 e. The van der Waals surface area contributed by atoms with E-state index in [0.717, 1.165) is 5.56 Å². The first-order valence-electron chi connectivity index (χ1n) is 4.74. The zero-order valence-corrected chi connectivity index (χ0v) is 9.54. The second-order valence-corrected chi connectivity index (χ2v) is 3.54. The number of carbonyl (C=O) groups is 1. The van der Waals surface area contributed by atoms with Crippen LogP contribution in [-0.4, -0.2) is 12.6 Å². The van der Waals surface area contributed by atoms with Crippen molar-refractivity contribution in [2.24, 2.45) is 0 Å². The normalized spacial score (nSPS) is 11.3. The molecule has 0 saturated carbocycles. The lowest BCUT2D eigenvalue weighted by atomic mass is 10.1. The first-order valence-corrected chi connectivity index (χ1v) is 5.12. The maximum absolute atomic E-state index is 11.3. The van der Waals surface area contributed by atoms with Gasteiger partial charge in [0.15, 0.2) is 0 Å². The van der Waals surface area contributed by atoms with Crippen molar-refractivity contribution in [1.29, 1.82) is 0 Å². The van der Waals surface area contributed by atoms with Crippen LogP contribution in [0.25, 0.3) is 6.08 Å². The molecule has 0 unspecified atom stereocenters. The summed E-state index contributed by atoms with van der Waals surface area (Å²) in [5.74, 6) is -0.285. The number of hydrogen-bond acceptors (Lipinski definition) is 2. The van der Waals surface area contributed by atoms with E-state index in [1.54, 1.807) is 32.1 Å². The fourth-order valence-corrected chi connectivity index (χ4v) is 1.24. The summed E-state index contributed by atoms with van der Waals surface area (Å²) in [5, 5.41) is 0.681. The molecule has 2 nitrogen and oxygen atoms in total. The zero-order chi connectivity index (χ0) is 11.3. The maximum Gasteiger partial charge on any atom is 0.333 e. The first kappa shape index (κ1) is 11.8. The van der Waals surface area contributed by atoms with Gasteiger partial charge < -0.3 is 4.74 Å². The van der Waals surface area contributed by atoms with Gasteiger partial charge in [0.05, 0.1) is 6.61 Å². The molecule has 0 N–H and O–H groups in total. The molecule has 15 heavy (non-hydrogen) atoms. The molecular weight excluding hydrogens is 212 g/mol. The maximum atomic E-state index is 11.3. The van der Waals surface area contributed by atoms with Crippen molar-refractivity contribution in [3.05, 3.63) is 40.4 Å². The number of ether oxygens (including phenoxy) is 1. The lowest BCUT2D eigenvalue weighted by molar-refractivity contribution is -0.138. The highest BCUT2D eigenvalue weighted by molar-refractivity contribution is 6.30. The number of rotatable bonds is 3. The Labute approximate surface area is 94.5 Å². The van der Waals surface area contributed by atoms with Crippen LogP contribution in [0.15, 0.2) is 29.8 Å². The third kappa shape index (κ3) is 3.76. The lowest BCUT2D eigenvalue weighted by Gasteiger charge is -2.01. The Kier molecular flexibility index (Phi) is 4.37. The van der Waals surface area contributed by atoms with E-state index in [1.165, 1.54) is 0 Å². The standard InChI is InChI=1S/C12H13ClO2/c1-3-15-12(14)9(2)8-10-4-6-11(13)7-5-10/h4-8H,3H2,1-2H3/b9-8+. The van der Waals surface area contributed by atoms with Gasteiger partial charge in [-0.2, -0.15) is 0 Å². The van der Waals surface area contributed by atoms with Gasteiger partial charge in [-0.3, -0.25) is 0 Å². The van der Waals surface area contributed by atoms with Gasteiger partial charge in [0.1, 0.15) is 0 Å². The van der Waals surface area contributed by atoms with E-state index < -0.39 is 0 Å². The quantitative estimate of drug-likeness (QED) is 0.582. The van der Waals surface area contributed by atoms with E-state index in [-0.39, 0.29) is 5.97 Å². The Morgan fingerprint density at radius 3 is 2.53 bits per heavy atom. The molecule has 3 heteroatoms. The largest absolute Gasteiger partial charge is 0.463 e. The van der Waals surface area contributed by atoms with Crippen LogP contribution >= 0.6 is 11.6 Å². The molecule has 0 aliphatic rings. The fourth-order valence-electron chi connectivity index (χ4n) is 1.11. The molecule has 0 radical (unpaired) electrons. The summed E-state index contributed by atoms with van der Waals surface area (Å²) in [5.41, 5.74) is 1.52. The van der Waals surface area contributed by atoms with Gasteiger partial charge in [0, 0.05) is 10.6 Å². The predicted octanol–water partition coefficient (Wildman–Crippen LogP) is 3.31. The molecule has 1 aromatic rings.